The standard InChI is InChI=1S/C23H23N3O3/c1-15(2)29-21-10-5-4-9-19(21)26-22(27)17-11-12-24-20(14-17)23(28)25-18-8-6-7-16(3)13-18/h4-15H,1-3H3,(H,25,28)(H,26,27). The van der Waals surface area contributed by atoms with Crippen molar-refractivity contribution in [1.29, 1.82) is 0 Å². The minimum Gasteiger partial charge on any atom is -0.489 e. The quantitative estimate of drug-likeness (QED) is 0.641. The predicted molar refractivity (Wildman–Crippen MR) is 114 cm³/mol. The summed E-state index contributed by atoms with van der Waals surface area (Å²) in [6, 6.07) is 17.7. The average molecular weight is 389 g/mol. The molecule has 2 aromatic carbocycles. The Balaban J connectivity index is 1.75. The number of pyridine rings is 1. The number of rotatable bonds is 6. The van der Waals surface area contributed by atoms with Gasteiger partial charge in [-0.15, -0.1) is 0 Å². The molecule has 0 aliphatic rings. The second kappa shape index (κ2) is 9.01. The fourth-order valence-corrected chi connectivity index (χ4v) is 2.73. The highest BCUT2D eigenvalue weighted by atomic mass is 16.5. The van der Waals surface area contributed by atoms with Gasteiger partial charge in [0, 0.05) is 17.4 Å². The van der Waals surface area contributed by atoms with Gasteiger partial charge in [-0.05, 0) is 62.7 Å². The molecule has 0 bridgehead atoms. The fourth-order valence-electron chi connectivity index (χ4n) is 2.73. The summed E-state index contributed by atoms with van der Waals surface area (Å²) in [4.78, 5) is 29.3. The van der Waals surface area contributed by atoms with Gasteiger partial charge < -0.3 is 15.4 Å². The molecule has 1 aromatic heterocycles. The molecule has 0 atom stereocenters. The van der Waals surface area contributed by atoms with Crippen LogP contribution in [0.3, 0.4) is 0 Å². The summed E-state index contributed by atoms with van der Waals surface area (Å²) < 4.78 is 5.73. The van der Waals surface area contributed by atoms with Crippen LogP contribution in [0.15, 0.2) is 66.9 Å². The number of carbonyl (C=O) groups excluding carboxylic acids is 2. The number of aryl methyl sites for hydroxylation is 1. The predicted octanol–water partition coefficient (Wildman–Crippen LogP) is 4.68. The molecule has 29 heavy (non-hydrogen) atoms. The molecule has 2 amide bonds. The van der Waals surface area contributed by atoms with Crippen LogP contribution in [0.5, 0.6) is 5.75 Å². The number of nitrogens with one attached hydrogen (secondary N) is 2. The Morgan fingerprint density at radius 1 is 0.931 bits per heavy atom. The van der Waals surface area contributed by atoms with E-state index in [-0.39, 0.29) is 23.6 Å². The number of para-hydroxylation sites is 2. The molecule has 0 saturated carbocycles. The molecule has 1 heterocycles. The number of hydrogen-bond acceptors (Lipinski definition) is 4. The van der Waals surface area contributed by atoms with Crippen LogP contribution in [0.1, 0.15) is 40.3 Å². The first kappa shape index (κ1) is 20.1. The van der Waals surface area contributed by atoms with E-state index in [0.717, 1.165) is 5.56 Å². The van der Waals surface area contributed by atoms with Gasteiger partial charge in [-0.25, -0.2) is 0 Å². The summed E-state index contributed by atoms with van der Waals surface area (Å²) in [7, 11) is 0. The molecular weight excluding hydrogens is 366 g/mol. The minimum atomic E-state index is -0.381. The Labute approximate surface area is 169 Å². The van der Waals surface area contributed by atoms with Crippen molar-refractivity contribution in [2.24, 2.45) is 0 Å². The van der Waals surface area contributed by atoms with Gasteiger partial charge in [0.1, 0.15) is 11.4 Å². The largest absolute Gasteiger partial charge is 0.489 e. The molecule has 0 fully saturated rings. The third-order valence-corrected chi connectivity index (χ3v) is 4.03. The normalized spacial score (nSPS) is 10.5. The Kier molecular flexibility index (Phi) is 6.24. The fraction of sp³-hybridized carbons (Fsp3) is 0.174. The first-order chi connectivity index (χ1) is 13.9. The summed E-state index contributed by atoms with van der Waals surface area (Å²) >= 11 is 0. The molecule has 0 saturated heterocycles. The number of aromatic nitrogens is 1. The highest BCUT2D eigenvalue weighted by Gasteiger charge is 2.14. The van der Waals surface area contributed by atoms with Crippen molar-refractivity contribution in [3.8, 4) is 5.75 Å². The van der Waals surface area contributed by atoms with Crippen LogP contribution in [-0.2, 0) is 0 Å². The third kappa shape index (κ3) is 5.42. The molecule has 6 heteroatoms. The number of amides is 2. The second-order valence-electron chi connectivity index (χ2n) is 6.87. The van der Waals surface area contributed by atoms with Crippen molar-refractivity contribution in [1.82, 2.24) is 4.98 Å². The SMILES string of the molecule is Cc1cccc(NC(=O)c2cc(C(=O)Nc3ccccc3OC(C)C)ccn2)c1. The molecule has 0 radical (unpaired) electrons. The highest BCUT2D eigenvalue weighted by molar-refractivity contribution is 6.08. The van der Waals surface area contributed by atoms with Crippen LogP contribution in [0, 0.1) is 6.92 Å². The third-order valence-electron chi connectivity index (χ3n) is 4.03. The van der Waals surface area contributed by atoms with Gasteiger partial charge in [-0.3, -0.25) is 14.6 Å². The van der Waals surface area contributed by atoms with E-state index in [0.29, 0.717) is 22.7 Å². The van der Waals surface area contributed by atoms with E-state index in [9.17, 15) is 9.59 Å². The summed E-state index contributed by atoms with van der Waals surface area (Å²) in [5.41, 5.74) is 2.76. The summed E-state index contributed by atoms with van der Waals surface area (Å²) in [5.74, 6) is -0.145. The zero-order valence-electron chi connectivity index (χ0n) is 16.6. The lowest BCUT2D eigenvalue weighted by Crippen LogP contribution is -2.17. The van der Waals surface area contributed by atoms with E-state index < -0.39 is 0 Å². The number of hydrogen-bond donors (Lipinski definition) is 2. The maximum absolute atomic E-state index is 12.7. The average Bonchev–Trinajstić information content (AvgIpc) is 2.69. The molecule has 6 nitrogen and oxygen atoms in total. The smallest absolute Gasteiger partial charge is 0.274 e. The van der Waals surface area contributed by atoms with Crippen molar-refractivity contribution in [2.45, 2.75) is 26.9 Å². The lowest BCUT2D eigenvalue weighted by Gasteiger charge is -2.15. The molecule has 3 rings (SSSR count). The summed E-state index contributed by atoms with van der Waals surface area (Å²) in [6.45, 7) is 5.78. The Morgan fingerprint density at radius 2 is 1.72 bits per heavy atom. The maximum atomic E-state index is 12.7. The van der Waals surface area contributed by atoms with Crippen LogP contribution < -0.4 is 15.4 Å². The molecule has 0 aliphatic carbocycles. The summed E-state index contributed by atoms with van der Waals surface area (Å²) in [6.07, 6.45) is 1.42. The van der Waals surface area contributed by atoms with Crippen LogP contribution in [0.2, 0.25) is 0 Å². The topological polar surface area (TPSA) is 80.3 Å². The van der Waals surface area contributed by atoms with Crippen LogP contribution in [-0.4, -0.2) is 22.9 Å². The number of carbonyl (C=O) groups is 2. The molecule has 2 N–H and O–H groups in total. The molecule has 3 aromatic rings. The van der Waals surface area contributed by atoms with Gasteiger partial charge >= 0.3 is 0 Å². The molecule has 0 aliphatic heterocycles. The number of ether oxygens (including phenoxy) is 1. The van der Waals surface area contributed by atoms with Gasteiger partial charge in [0.25, 0.3) is 11.8 Å². The van der Waals surface area contributed by atoms with E-state index in [1.165, 1.54) is 12.3 Å². The first-order valence-electron chi connectivity index (χ1n) is 9.33. The molecular formula is C23H23N3O3. The monoisotopic (exact) mass is 389 g/mol. The van der Waals surface area contributed by atoms with E-state index in [1.54, 1.807) is 24.3 Å². The molecule has 148 valence electrons. The van der Waals surface area contributed by atoms with E-state index in [1.807, 2.05) is 51.1 Å². The second-order valence-corrected chi connectivity index (χ2v) is 6.87. The Morgan fingerprint density at radius 3 is 2.48 bits per heavy atom. The van der Waals surface area contributed by atoms with Crippen molar-refractivity contribution in [2.75, 3.05) is 10.6 Å². The van der Waals surface area contributed by atoms with E-state index in [4.69, 9.17) is 4.74 Å². The van der Waals surface area contributed by atoms with Crippen molar-refractivity contribution in [3.63, 3.8) is 0 Å². The zero-order chi connectivity index (χ0) is 20.8. The Hall–Kier alpha value is -3.67. The van der Waals surface area contributed by atoms with Crippen molar-refractivity contribution < 1.29 is 14.3 Å². The van der Waals surface area contributed by atoms with Gasteiger partial charge in [-0.1, -0.05) is 24.3 Å². The van der Waals surface area contributed by atoms with E-state index >= 15 is 0 Å². The van der Waals surface area contributed by atoms with Gasteiger partial charge in [-0.2, -0.15) is 0 Å². The molecule has 0 unspecified atom stereocenters. The lowest BCUT2D eigenvalue weighted by molar-refractivity contribution is 0.102. The Bertz CT molecular complexity index is 1030. The number of benzene rings is 2. The first-order valence-corrected chi connectivity index (χ1v) is 9.33. The van der Waals surface area contributed by atoms with Gasteiger partial charge in [0.05, 0.1) is 11.8 Å². The minimum absolute atomic E-state index is 0.0223. The zero-order valence-corrected chi connectivity index (χ0v) is 16.6. The van der Waals surface area contributed by atoms with Gasteiger partial charge in [0.2, 0.25) is 0 Å². The van der Waals surface area contributed by atoms with Crippen LogP contribution in [0.4, 0.5) is 11.4 Å². The highest BCUT2D eigenvalue weighted by Crippen LogP contribution is 2.25. The number of nitrogens with zero attached hydrogens (tertiary/aromatic N) is 1. The van der Waals surface area contributed by atoms with Crippen molar-refractivity contribution in [3.05, 3.63) is 83.7 Å². The van der Waals surface area contributed by atoms with Crippen molar-refractivity contribution >= 4 is 23.2 Å². The maximum Gasteiger partial charge on any atom is 0.274 e. The molecule has 0 spiro atoms. The van der Waals surface area contributed by atoms with E-state index in [2.05, 4.69) is 15.6 Å². The summed E-state index contributed by atoms with van der Waals surface area (Å²) in [5, 5.41) is 5.62. The van der Waals surface area contributed by atoms with Crippen LogP contribution in [0.25, 0.3) is 0 Å². The lowest BCUT2D eigenvalue weighted by atomic mass is 10.2. The van der Waals surface area contributed by atoms with Crippen LogP contribution >= 0.6 is 0 Å². The van der Waals surface area contributed by atoms with Gasteiger partial charge in [0.15, 0.2) is 0 Å². The number of anilines is 2.